The molecule has 0 saturated carbocycles. The molecule has 1 heterocycles. The molecule has 0 amide bonds. The summed E-state index contributed by atoms with van der Waals surface area (Å²) in [6.07, 6.45) is 0. The Morgan fingerprint density at radius 2 is 2.00 bits per heavy atom. The summed E-state index contributed by atoms with van der Waals surface area (Å²) in [6.45, 7) is 1.53. The number of imidazole rings is 1. The van der Waals surface area contributed by atoms with Crippen LogP contribution in [-0.2, 0) is 4.79 Å². The van der Waals surface area contributed by atoms with Crippen LogP contribution in [-0.4, -0.2) is 22.8 Å². The maximum absolute atomic E-state index is 11.4. The lowest BCUT2D eigenvalue weighted by Gasteiger charge is -2.12. The summed E-state index contributed by atoms with van der Waals surface area (Å²) in [6, 6.07) is 5.09. The maximum Gasteiger partial charge on any atom is 0.323 e. The molecule has 84 valence electrons. The number of rotatable bonds is 3. The largest absolute Gasteiger partial charge is 0.323 e. The molecule has 0 spiro atoms. The van der Waals surface area contributed by atoms with Crippen LogP contribution in [0.2, 0.25) is 0 Å². The number of benzene rings is 1. The van der Waals surface area contributed by atoms with Gasteiger partial charge in [0.1, 0.15) is 0 Å². The minimum Gasteiger partial charge on any atom is -0.307 e. The summed E-state index contributed by atoms with van der Waals surface area (Å²) < 4.78 is 0. The number of hydrogen-bond acceptors (Lipinski definition) is 3. The van der Waals surface area contributed by atoms with Gasteiger partial charge in [-0.05, 0) is 31.7 Å². The molecule has 16 heavy (non-hydrogen) atoms. The van der Waals surface area contributed by atoms with E-state index in [4.69, 9.17) is 0 Å². The second kappa shape index (κ2) is 3.94. The molecule has 0 bridgehead atoms. The zero-order valence-electron chi connectivity index (χ0n) is 9.13. The lowest BCUT2D eigenvalue weighted by molar-refractivity contribution is -0.119. The van der Waals surface area contributed by atoms with E-state index in [1.54, 1.807) is 19.2 Å². The predicted molar refractivity (Wildman–Crippen MR) is 61.4 cm³/mol. The highest BCUT2D eigenvalue weighted by atomic mass is 16.1. The van der Waals surface area contributed by atoms with Crippen LogP contribution in [0.1, 0.15) is 18.5 Å². The van der Waals surface area contributed by atoms with Crippen molar-refractivity contribution in [1.82, 2.24) is 15.3 Å². The Morgan fingerprint density at radius 3 is 2.62 bits per heavy atom. The standard InChI is InChI=1S/C11H13N3O2/c1-6(15)10(12-2)7-3-4-8-9(5-7)14-11(16)13-8/h3-5,10,12H,1-2H3,(H2,13,14,16). The van der Waals surface area contributed by atoms with Crippen molar-refractivity contribution in [2.75, 3.05) is 7.05 Å². The van der Waals surface area contributed by atoms with Crippen LogP contribution in [0.15, 0.2) is 23.0 Å². The van der Waals surface area contributed by atoms with E-state index in [2.05, 4.69) is 15.3 Å². The minimum atomic E-state index is -0.331. The van der Waals surface area contributed by atoms with E-state index in [1.165, 1.54) is 6.92 Å². The third-order valence-electron chi connectivity index (χ3n) is 2.57. The molecular formula is C11H13N3O2. The number of aromatic amines is 2. The number of likely N-dealkylation sites (N-methyl/N-ethyl adjacent to an activating group) is 1. The van der Waals surface area contributed by atoms with E-state index in [-0.39, 0.29) is 17.5 Å². The average molecular weight is 219 g/mol. The van der Waals surface area contributed by atoms with Crippen molar-refractivity contribution in [2.24, 2.45) is 0 Å². The van der Waals surface area contributed by atoms with Crippen molar-refractivity contribution in [3.05, 3.63) is 34.2 Å². The minimum absolute atomic E-state index is 0.0414. The van der Waals surface area contributed by atoms with Gasteiger partial charge in [-0.2, -0.15) is 0 Å². The topological polar surface area (TPSA) is 77.8 Å². The van der Waals surface area contributed by atoms with Crippen LogP contribution in [0.4, 0.5) is 0 Å². The summed E-state index contributed by atoms with van der Waals surface area (Å²) >= 11 is 0. The van der Waals surface area contributed by atoms with E-state index in [0.717, 1.165) is 11.1 Å². The number of ketones is 1. The molecule has 2 rings (SSSR count). The highest BCUT2D eigenvalue weighted by Gasteiger charge is 2.14. The van der Waals surface area contributed by atoms with Gasteiger partial charge >= 0.3 is 5.69 Å². The number of carbonyl (C=O) groups excluding carboxylic acids is 1. The normalized spacial score (nSPS) is 12.9. The molecule has 1 aromatic carbocycles. The molecule has 2 aromatic rings. The molecule has 0 aliphatic rings. The van der Waals surface area contributed by atoms with Gasteiger partial charge in [-0.3, -0.25) is 4.79 Å². The lowest BCUT2D eigenvalue weighted by atomic mass is 10.0. The van der Waals surface area contributed by atoms with E-state index >= 15 is 0 Å². The monoisotopic (exact) mass is 219 g/mol. The Bertz CT molecular complexity index is 582. The molecule has 1 atom stereocenters. The summed E-state index contributed by atoms with van der Waals surface area (Å²) in [5.41, 5.74) is 2.06. The van der Waals surface area contributed by atoms with Crippen LogP contribution in [0.5, 0.6) is 0 Å². The Balaban J connectivity index is 2.53. The van der Waals surface area contributed by atoms with Crippen molar-refractivity contribution in [3.63, 3.8) is 0 Å². The molecule has 5 nitrogen and oxygen atoms in total. The second-order valence-electron chi connectivity index (χ2n) is 3.72. The van der Waals surface area contributed by atoms with Crippen molar-refractivity contribution in [2.45, 2.75) is 13.0 Å². The SMILES string of the molecule is CNC(C(C)=O)c1ccc2[nH]c(=O)[nH]c2c1. The second-order valence-corrected chi connectivity index (χ2v) is 3.72. The van der Waals surface area contributed by atoms with Gasteiger partial charge in [0.2, 0.25) is 0 Å². The number of H-pyrrole nitrogens is 2. The van der Waals surface area contributed by atoms with Gasteiger partial charge in [0, 0.05) is 0 Å². The first-order valence-electron chi connectivity index (χ1n) is 5.01. The molecule has 0 saturated heterocycles. The van der Waals surface area contributed by atoms with Crippen molar-refractivity contribution in [1.29, 1.82) is 0 Å². The van der Waals surface area contributed by atoms with Crippen molar-refractivity contribution >= 4 is 16.8 Å². The van der Waals surface area contributed by atoms with Gasteiger partial charge in [0.15, 0.2) is 5.78 Å². The maximum atomic E-state index is 11.4. The number of carbonyl (C=O) groups is 1. The summed E-state index contributed by atoms with van der Waals surface area (Å²) in [5, 5.41) is 2.94. The summed E-state index contributed by atoms with van der Waals surface area (Å²) in [7, 11) is 1.73. The molecule has 5 heteroatoms. The van der Waals surface area contributed by atoms with Gasteiger partial charge in [-0.25, -0.2) is 4.79 Å². The average Bonchev–Trinajstić information content (AvgIpc) is 2.57. The zero-order chi connectivity index (χ0) is 11.7. The first-order valence-corrected chi connectivity index (χ1v) is 5.01. The summed E-state index contributed by atoms with van der Waals surface area (Å²) in [4.78, 5) is 27.8. The first-order chi connectivity index (χ1) is 7.61. The van der Waals surface area contributed by atoms with E-state index in [1.807, 2.05) is 6.07 Å². The van der Waals surface area contributed by atoms with E-state index in [0.29, 0.717) is 5.52 Å². The van der Waals surface area contributed by atoms with Crippen LogP contribution in [0, 0.1) is 0 Å². The van der Waals surface area contributed by atoms with Gasteiger partial charge in [-0.15, -0.1) is 0 Å². The van der Waals surface area contributed by atoms with Crippen LogP contribution in [0.25, 0.3) is 11.0 Å². The number of nitrogens with one attached hydrogen (secondary N) is 3. The molecule has 1 unspecified atom stereocenters. The molecule has 1 aromatic heterocycles. The first kappa shape index (κ1) is 10.6. The highest BCUT2D eigenvalue weighted by Crippen LogP contribution is 2.17. The molecule has 0 radical (unpaired) electrons. The van der Waals surface area contributed by atoms with Gasteiger partial charge in [0.25, 0.3) is 0 Å². The Morgan fingerprint density at radius 1 is 1.31 bits per heavy atom. The highest BCUT2D eigenvalue weighted by molar-refractivity contribution is 5.85. The molecular weight excluding hydrogens is 206 g/mol. The Kier molecular flexibility index (Phi) is 2.62. The van der Waals surface area contributed by atoms with Crippen molar-refractivity contribution in [3.8, 4) is 0 Å². The Hall–Kier alpha value is -1.88. The van der Waals surface area contributed by atoms with Gasteiger partial charge < -0.3 is 15.3 Å². The summed E-state index contributed by atoms with van der Waals surface area (Å²) in [5.74, 6) is 0.0414. The molecule has 0 fully saturated rings. The van der Waals surface area contributed by atoms with Crippen LogP contribution >= 0.6 is 0 Å². The molecule has 0 aliphatic heterocycles. The number of Topliss-reactive ketones (excluding diaryl/α,β-unsaturated/α-hetero) is 1. The van der Waals surface area contributed by atoms with Gasteiger partial charge in [-0.1, -0.05) is 6.07 Å². The van der Waals surface area contributed by atoms with E-state index < -0.39 is 0 Å². The number of fused-ring (bicyclic) bond motifs is 1. The fourth-order valence-electron chi connectivity index (χ4n) is 1.83. The van der Waals surface area contributed by atoms with E-state index in [9.17, 15) is 9.59 Å². The fourth-order valence-corrected chi connectivity index (χ4v) is 1.83. The Labute approximate surface area is 91.9 Å². The van der Waals surface area contributed by atoms with Crippen LogP contribution in [0.3, 0.4) is 0 Å². The third-order valence-corrected chi connectivity index (χ3v) is 2.57. The van der Waals surface area contributed by atoms with Crippen molar-refractivity contribution < 1.29 is 4.79 Å². The quantitative estimate of drug-likeness (QED) is 0.711. The molecule has 3 N–H and O–H groups in total. The predicted octanol–water partition coefficient (Wildman–Crippen LogP) is 0.706. The zero-order valence-corrected chi connectivity index (χ0v) is 9.13. The smallest absolute Gasteiger partial charge is 0.307 e. The fraction of sp³-hybridized carbons (Fsp3) is 0.273. The number of hydrogen-bond donors (Lipinski definition) is 3. The lowest BCUT2D eigenvalue weighted by Crippen LogP contribution is -2.23. The van der Waals surface area contributed by atoms with Gasteiger partial charge in [0.05, 0.1) is 17.1 Å². The number of aromatic nitrogens is 2. The molecule has 0 aliphatic carbocycles. The van der Waals surface area contributed by atoms with Crippen LogP contribution < -0.4 is 11.0 Å². The third kappa shape index (κ3) is 1.77.